The summed E-state index contributed by atoms with van der Waals surface area (Å²) in [5, 5.41) is 3.86. The minimum absolute atomic E-state index is 0.600. The monoisotopic (exact) mass is 289 g/mol. The van der Waals surface area contributed by atoms with Gasteiger partial charge >= 0.3 is 0 Å². The Labute approximate surface area is 118 Å². The third-order valence-corrected chi connectivity index (χ3v) is 3.26. The highest BCUT2D eigenvalue weighted by Crippen LogP contribution is 2.36. The van der Waals surface area contributed by atoms with Gasteiger partial charge in [-0.2, -0.15) is 11.8 Å². The van der Waals surface area contributed by atoms with Gasteiger partial charge in [0.05, 0.1) is 18.7 Å². The second-order valence-corrected chi connectivity index (χ2v) is 5.12. The third-order valence-electron chi connectivity index (χ3n) is 2.40. The van der Waals surface area contributed by atoms with Crippen LogP contribution in [0, 0.1) is 0 Å². The molecule has 0 aromatic heterocycles. The van der Waals surface area contributed by atoms with Crippen molar-refractivity contribution >= 4 is 23.4 Å². The molecule has 0 bridgehead atoms. The molecule has 0 unspecified atom stereocenters. The van der Waals surface area contributed by atoms with E-state index in [1.165, 1.54) is 0 Å². The number of hydrogen-bond acceptors (Lipinski definition) is 4. The first-order valence-electron chi connectivity index (χ1n) is 5.91. The molecule has 5 heteroatoms. The zero-order valence-corrected chi connectivity index (χ0v) is 12.7. The predicted octanol–water partition coefficient (Wildman–Crippen LogP) is 3.20. The predicted molar refractivity (Wildman–Crippen MR) is 79.3 cm³/mol. The molecule has 0 saturated carbocycles. The highest BCUT2D eigenvalue weighted by atomic mass is 35.5. The molecule has 0 aliphatic rings. The summed E-state index contributed by atoms with van der Waals surface area (Å²) < 4.78 is 11.0. The quantitative estimate of drug-likeness (QED) is 0.745. The lowest BCUT2D eigenvalue weighted by atomic mass is 10.2. The summed E-state index contributed by atoms with van der Waals surface area (Å²) in [7, 11) is 1.63. The van der Waals surface area contributed by atoms with Gasteiger partial charge in [-0.05, 0) is 30.5 Å². The van der Waals surface area contributed by atoms with Crippen LogP contribution in [0.3, 0.4) is 0 Å². The van der Waals surface area contributed by atoms with Crippen molar-refractivity contribution in [1.29, 1.82) is 0 Å². The van der Waals surface area contributed by atoms with Gasteiger partial charge in [-0.1, -0.05) is 18.5 Å². The number of thioether (sulfide) groups is 1. The van der Waals surface area contributed by atoms with Gasteiger partial charge in [0, 0.05) is 12.3 Å². The van der Waals surface area contributed by atoms with Crippen LogP contribution in [-0.4, -0.2) is 32.3 Å². The van der Waals surface area contributed by atoms with Crippen LogP contribution in [0.25, 0.3) is 0 Å². The molecule has 3 nitrogen and oxygen atoms in total. The number of rotatable bonds is 8. The first-order valence-corrected chi connectivity index (χ1v) is 7.69. The highest BCUT2D eigenvalue weighted by Gasteiger charge is 2.11. The van der Waals surface area contributed by atoms with E-state index >= 15 is 0 Å². The van der Waals surface area contributed by atoms with Gasteiger partial charge in [0.25, 0.3) is 0 Å². The van der Waals surface area contributed by atoms with E-state index in [2.05, 4.69) is 12.2 Å². The number of hydrogen-bond donors (Lipinski definition) is 1. The van der Waals surface area contributed by atoms with Crippen molar-refractivity contribution in [3.63, 3.8) is 0 Å². The number of halogens is 1. The van der Waals surface area contributed by atoms with Gasteiger partial charge in [-0.3, -0.25) is 0 Å². The fourth-order valence-electron chi connectivity index (χ4n) is 1.51. The maximum absolute atomic E-state index is 6.23. The Kier molecular flexibility index (Phi) is 7.32. The maximum atomic E-state index is 6.23. The van der Waals surface area contributed by atoms with Crippen LogP contribution in [0.2, 0.25) is 5.02 Å². The molecule has 0 atom stereocenters. The lowest BCUT2D eigenvalue weighted by Crippen LogP contribution is -2.12. The minimum atomic E-state index is 0.600. The molecule has 0 aliphatic heterocycles. The number of methoxy groups -OCH3 is 1. The molecule has 1 aromatic carbocycles. The van der Waals surface area contributed by atoms with E-state index in [0.717, 1.165) is 24.4 Å². The molecule has 0 fully saturated rings. The summed E-state index contributed by atoms with van der Waals surface area (Å²) in [6.07, 6.45) is 2.04. The molecule has 1 N–H and O–H groups in total. The first-order chi connectivity index (χ1) is 8.72. The van der Waals surface area contributed by atoms with Crippen LogP contribution in [-0.2, 0) is 6.54 Å². The van der Waals surface area contributed by atoms with Crippen LogP contribution in [0.5, 0.6) is 11.5 Å². The zero-order valence-electron chi connectivity index (χ0n) is 11.1. The number of benzene rings is 1. The molecule has 18 heavy (non-hydrogen) atoms. The molecular formula is C13H20ClNO2S. The van der Waals surface area contributed by atoms with Crippen molar-refractivity contribution in [2.24, 2.45) is 0 Å². The summed E-state index contributed by atoms with van der Waals surface area (Å²) in [6.45, 7) is 4.39. The van der Waals surface area contributed by atoms with Crippen molar-refractivity contribution in [3.8, 4) is 11.5 Å². The standard InChI is InChI=1S/C13H20ClNO2S/c1-4-15-9-10-7-11(14)13(12(8-10)16-2)17-5-6-18-3/h7-8,15H,4-6,9H2,1-3H3. The van der Waals surface area contributed by atoms with Gasteiger partial charge in [0.1, 0.15) is 0 Å². The molecule has 0 saturated heterocycles. The second-order valence-electron chi connectivity index (χ2n) is 3.73. The molecule has 0 amide bonds. The van der Waals surface area contributed by atoms with Crippen molar-refractivity contribution in [2.45, 2.75) is 13.5 Å². The van der Waals surface area contributed by atoms with Crippen molar-refractivity contribution in [1.82, 2.24) is 5.32 Å². The fraction of sp³-hybridized carbons (Fsp3) is 0.538. The fourth-order valence-corrected chi connectivity index (χ4v) is 2.05. The molecule has 1 rings (SSSR count). The van der Waals surface area contributed by atoms with Crippen molar-refractivity contribution in [3.05, 3.63) is 22.7 Å². The summed E-state index contributed by atoms with van der Waals surface area (Å²) >= 11 is 7.97. The van der Waals surface area contributed by atoms with Gasteiger partial charge in [0.2, 0.25) is 0 Å². The summed E-state index contributed by atoms with van der Waals surface area (Å²) in [5.41, 5.74) is 1.09. The van der Waals surface area contributed by atoms with E-state index in [0.29, 0.717) is 23.1 Å². The van der Waals surface area contributed by atoms with E-state index < -0.39 is 0 Å². The van der Waals surface area contributed by atoms with E-state index in [1.807, 2.05) is 18.4 Å². The Morgan fingerprint density at radius 2 is 2.17 bits per heavy atom. The average molecular weight is 290 g/mol. The van der Waals surface area contributed by atoms with Crippen LogP contribution in [0.1, 0.15) is 12.5 Å². The normalized spacial score (nSPS) is 10.4. The van der Waals surface area contributed by atoms with Crippen LogP contribution in [0.15, 0.2) is 12.1 Å². The van der Waals surface area contributed by atoms with Crippen molar-refractivity contribution in [2.75, 3.05) is 32.3 Å². The average Bonchev–Trinajstić information content (AvgIpc) is 2.38. The molecular weight excluding hydrogens is 270 g/mol. The molecule has 0 aliphatic carbocycles. The van der Waals surface area contributed by atoms with E-state index in [4.69, 9.17) is 21.1 Å². The summed E-state index contributed by atoms with van der Waals surface area (Å²) in [6, 6.07) is 3.88. The Morgan fingerprint density at radius 3 is 2.78 bits per heavy atom. The van der Waals surface area contributed by atoms with Gasteiger partial charge in [-0.15, -0.1) is 0 Å². The molecule has 0 radical (unpaired) electrons. The number of nitrogens with one attached hydrogen (secondary N) is 1. The SMILES string of the molecule is CCNCc1cc(Cl)c(OCCSC)c(OC)c1. The Morgan fingerprint density at radius 1 is 1.39 bits per heavy atom. The van der Waals surface area contributed by atoms with Gasteiger partial charge in [0.15, 0.2) is 11.5 Å². The van der Waals surface area contributed by atoms with Gasteiger partial charge < -0.3 is 14.8 Å². The smallest absolute Gasteiger partial charge is 0.179 e. The van der Waals surface area contributed by atoms with Crippen molar-refractivity contribution < 1.29 is 9.47 Å². The highest BCUT2D eigenvalue weighted by molar-refractivity contribution is 7.98. The first kappa shape index (κ1) is 15.5. The maximum Gasteiger partial charge on any atom is 0.179 e. The summed E-state index contributed by atoms with van der Waals surface area (Å²) in [4.78, 5) is 0. The second kappa shape index (κ2) is 8.51. The topological polar surface area (TPSA) is 30.5 Å². The van der Waals surface area contributed by atoms with Crippen LogP contribution >= 0.6 is 23.4 Å². The van der Waals surface area contributed by atoms with Gasteiger partial charge in [-0.25, -0.2) is 0 Å². The molecule has 102 valence electrons. The molecule has 0 spiro atoms. The zero-order chi connectivity index (χ0) is 13.4. The minimum Gasteiger partial charge on any atom is -0.493 e. The largest absolute Gasteiger partial charge is 0.493 e. The van der Waals surface area contributed by atoms with E-state index in [-0.39, 0.29) is 0 Å². The number of ether oxygens (including phenoxy) is 2. The van der Waals surface area contributed by atoms with Crippen LogP contribution in [0.4, 0.5) is 0 Å². The summed E-state index contributed by atoms with van der Waals surface area (Å²) in [5.74, 6) is 2.25. The Hall–Kier alpha value is -0.580. The lowest BCUT2D eigenvalue weighted by molar-refractivity contribution is 0.313. The lowest BCUT2D eigenvalue weighted by Gasteiger charge is -2.14. The van der Waals surface area contributed by atoms with E-state index in [9.17, 15) is 0 Å². The molecule has 1 aromatic rings. The Bertz CT molecular complexity index is 374. The molecule has 0 heterocycles. The Balaban J connectivity index is 2.82. The van der Waals surface area contributed by atoms with E-state index in [1.54, 1.807) is 18.9 Å². The van der Waals surface area contributed by atoms with Crippen LogP contribution < -0.4 is 14.8 Å². The third kappa shape index (κ3) is 4.59.